The highest BCUT2D eigenvalue weighted by molar-refractivity contribution is 8.00. The first kappa shape index (κ1) is 17.9. The number of hydrogen-bond acceptors (Lipinski definition) is 4. The van der Waals surface area contributed by atoms with Gasteiger partial charge in [-0.1, -0.05) is 0 Å². The summed E-state index contributed by atoms with van der Waals surface area (Å²) in [5.74, 6) is -1.24. The van der Waals surface area contributed by atoms with Crippen LogP contribution in [0, 0.1) is 18.6 Å². The topological polar surface area (TPSA) is 59.0 Å². The molecule has 8 heteroatoms. The fourth-order valence-electron chi connectivity index (χ4n) is 2.23. The number of rotatable bonds is 5. The van der Waals surface area contributed by atoms with Crippen LogP contribution >= 0.6 is 11.9 Å². The van der Waals surface area contributed by atoms with Crippen molar-refractivity contribution in [1.29, 1.82) is 0 Å². The molecule has 0 fully saturated rings. The van der Waals surface area contributed by atoms with Crippen LogP contribution in [-0.2, 0) is 7.05 Å². The van der Waals surface area contributed by atoms with Gasteiger partial charge >= 0.3 is 0 Å². The predicted molar refractivity (Wildman–Crippen MR) is 98.2 cm³/mol. The molecule has 2 N–H and O–H groups in total. The number of nitrogens with one attached hydrogen (secondary N) is 2. The lowest BCUT2D eigenvalue weighted by Crippen LogP contribution is -2.12. The van der Waals surface area contributed by atoms with E-state index in [0.717, 1.165) is 11.9 Å². The van der Waals surface area contributed by atoms with E-state index in [1.54, 1.807) is 30.9 Å². The molecule has 0 aliphatic carbocycles. The fraction of sp³-hybridized carbons (Fsp3) is 0.111. The van der Waals surface area contributed by atoms with E-state index in [4.69, 9.17) is 0 Å². The molecular formula is C18H16F2N4OS. The van der Waals surface area contributed by atoms with Gasteiger partial charge in [-0.15, -0.1) is 0 Å². The van der Waals surface area contributed by atoms with Gasteiger partial charge in [0.1, 0.15) is 16.7 Å². The molecule has 0 atom stereocenters. The van der Waals surface area contributed by atoms with Crippen LogP contribution < -0.4 is 10.0 Å². The molecule has 1 amide bonds. The van der Waals surface area contributed by atoms with Gasteiger partial charge in [-0.3, -0.25) is 9.48 Å². The van der Waals surface area contributed by atoms with Crippen molar-refractivity contribution in [3.63, 3.8) is 0 Å². The summed E-state index contributed by atoms with van der Waals surface area (Å²) in [5.41, 5.74) is 1.34. The number of carbonyl (C=O) groups excluding carboxylic acids is 1. The molecule has 3 aromatic rings. The highest BCUT2D eigenvalue weighted by atomic mass is 32.2. The average molecular weight is 374 g/mol. The number of anilines is 2. The van der Waals surface area contributed by atoms with Crippen LogP contribution in [-0.4, -0.2) is 15.7 Å². The van der Waals surface area contributed by atoms with Crippen molar-refractivity contribution >= 4 is 29.2 Å². The van der Waals surface area contributed by atoms with Gasteiger partial charge in [-0.25, -0.2) is 8.78 Å². The molecule has 26 heavy (non-hydrogen) atoms. The summed E-state index contributed by atoms with van der Waals surface area (Å²) in [6, 6.07) is 10.1. The van der Waals surface area contributed by atoms with Gasteiger partial charge < -0.3 is 10.0 Å². The van der Waals surface area contributed by atoms with Crippen molar-refractivity contribution in [2.45, 2.75) is 11.9 Å². The molecule has 0 radical (unpaired) electrons. The van der Waals surface area contributed by atoms with Crippen LogP contribution in [0.1, 0.15) is 15.9 Å². The van der Waals surface area contributed by atoms with E-state index >= 15 is 0 Å². The second-order valence-corrected chi connectivity index (χ2v) is 6.47. The third kappa shape index (κ3) is 4.20. The van der Waals surface area contributed by atoms with E-state index < -0.39 is 11.7 Å². The molecule has 0 unspecified atom stereocenters. The van der Waals surface area contributed by atoms with Gasteiger partial charge in [0.15, 0.2) is 0 Å². The zero-order chi connectivity index (χ0) is 18.7. The number of hydrogen-bond donors (Lipinski definition) is 2. The van der Waals surface area contributed by atoms with Crippen LogP contribution in [0.3, 0.4) is 0 Å². The summed E-state index contributed by atoms with van der Waals surface area (Å²) in [6.45, 7) is 1.61. The largest absolute Gasteiger partial charge is 0.322 e. The first-order valence-electron chi connectivity index (χ1n) is 7.72. The Morgan fingerprint density at radius 2 is 1.88 bits per heavy atom. The number of halogens is 2. The lowest BCUT2D eigenvalue weighted by Gasteiger charge is -2.09. The minimum atomic E-state index is -0.484. The zero-order valence-electron chi connectivity index (χ0n) is 14.1. The van der Waals surface area contributed by atoms with E-state index in [0.29, 0.717) is 16.3 Å². The highest BCUT2D eigenvalue weighted by Crippen LogP contribution is 2.24. The molecule has 0 aliphatic rings. The van der Waals surface area contributed by atoms with Gasteiger partial charge in [-0.05, 0) is 55.0 Å². The minimum absolute atomic E-state index is 0.170. The van der Waals surface area contributed by atoms with E-state index in [-0.39, 0.29) is 17.1 Å². The predicted octanol–water partition coefficient (Wildman–Crippen LogP) is 4.38. The lowest BCUT2D eigenvalue weighted by atomic mass is 10.1. The normalized spacial score (nSPS) is 10.6. The van der Waals surface area contributed by atoms with E-state index in [1.807, 2.05) is 0 Å². The monoisotopic (exact) mass is 374 g/mol. The average Bonchev–Trinajstić information content (AvgIpc) is 3.03. The first-order chi connectivity index (χ1) is 12.4. The molecule has 0 bridgehead atoms. The molecule has 0 aliphatic heterocycles. The number of benzene rings is 2. The van der Waals surface area contributed by atoms with Crippen molar-refractivity contribution < 1.29 is 13.6 Å². The smallest absolute Gasteiger partial charge is 0.255 e. The molecule has 0 saturated carbocycles. The molecular weight excluding hydrogens is 358 g/mol. The Hall–Kier alpha value is -2.87. The van der Waals surface area contributed by atoms with Crippen LogP contribution in [0.25, 0.3) is 0 Å². The molecule has 5 nitrogen and oxygen atoms in total. The number of carbonyl (C=O) groups is 1. The van der Waals surface area contributed by atoms with E-state index in [1.165, 1.54) is 36.4 Å². The first-order valence-corrected chi connectivity index (χ1v) is 8.53. The van der Waals surface area contributed by atoms with Gasteiger partial charge in [-0.2, -0.15) is 5.10 Å². The standard InChI is InChI=1S/C18H16F2N4OS/c1-11-9-13(4-6-14(11)19)21-18(25)12-3-5-15(20)16(10-12)23-26-17-7-8-24(2)22-17/h3-10,23H,1-2H3,(H,21,25). The van der Waals surface area contributed by atoms with Crippen LogP contribution in [0.4, 0.5) is 20.2 Å². The highest BCUT2D eigenvalue weighted by Gasteiger charge is 2.11. The Kier molecular flexibility index (Phi) is 5.22. The van der Waals surface area contributed by atoms with Crippen molar-refractivity contribution in [1.82, 2.24) is 9.78 Å². The number of aromatic nitrogens is 2. The fourth-order valence-corrected chi connectivity index (χ4v) is 2.90. The Labute approximate surface area is 153 Å². The van der Waals surface area contributed by atoms with Gasteiger partial charge in [0, 0.05) is 36.4 Å². The second kappa shape index (κ2) is 7.57. The summed E-state index contributed by atoms with van der Waals surface area (Å²) in [7, 11) is 1.78. The second-order valence-electron chi connectivity index (χ2n) is 5.64. The van der Waals surface area contributed by atoms with Gasteiger partial charge in [0.2, 0.25) is 0 Å². The Bertz CT molecular complexity index is 958. The summed E-state index contributed by atoms with van der Waals surface area (Å²) < 4.78 is 31.8. The van der Waals surface area contributed by atoms with Crippen molar-refractivity contribution in [3.8, 4) is 0 Å². The summed E-state index contributed by atoms with van der Waals surface area (Å²) in [5, 5.41) is 7.51. The third-order valence-corrected chi connectivity index (χ3v) is 4.35. The summed E-state index contributed by atoms with van der Waals surface area (Å²) in [4.78, 5) is 12.4. The summed E-state index contributed by atoms with van der Waals surface area (Å²) >= 11 is 1.14. The van der Waals surface area contributed by atoms with Crippen LogP contribution in [0.15, 0.2) is 53.7 Å². The Balaban J connectivity index is 1.73. The van der Waals surface area contributed by atoms with E-state index in [9.17, 15) is 13.6 Å². The Morgan fingerprint density at radius 1 is 1.12 bits per heavy atom. The SMILES string of the molecule is Cc1cc(NC(=O)c2ccc(F)c(NSc3ccn(C)n3)c2)ccc1F. The number of nitrogens with zero attached hydrogens (tertiary/aromatic N) is 2. The molecule has 0 spiro atoms. The minimum Gasteiger partial charge on any atom is -0.322 e. The summed E-state index contributed by atoms with van der Waals surface area (Å²) in [6.07, 6.45) is 1.77. The maximum Gasteiger partial charge on any atom is 0.255 e. The molecule has 1 aromatic heterocycles. The van der Waals surface area contributed by atoms with Crippen LogP contribution in [0.5, 0.6) is 0 Å². The molecule has 2 aromatic carbocycles. The molecule has 0 saturated heterocycles. The number of amides is 1. The van der Waals surface area contributed by atoms with Crippen molar-refractivity contribution in [3.05, 3.63) is 71.4 Å². The maximum absolute atomic E-state index is 14.0. The number of aryl methyl sites for hydroxylation is 2. The van der Waals surface area contributed by atoms with Crippen molar-refractivity contribution in [2.75, 3.05) is 10.0 Å². The Morgan fingerprint density at radius 3 is 2.58 bits per heavy atom. The molecule has 134 valence electrons. The lowest BCUT2D eigenvalue weighted by molar-refractivity contribution is 0.102. The van der Waals surface area contributed by atoms with Gasteiger partial charge in [0.25, 0.3) is 5.91 Å². The van der Waals surface area contributed by atoms with Crippen molar-refractivity contribution in [2.24, 2.45) is 7.05 Å². The zero-order valence-corrected chi connectivity index (χ0v) is 14.9. The molecule has 1 heterocycles. The maximum atomic E-state index is 14.0. The quantitative estimate of drug-likeness (QED) is 0.651. The molecule has 3 rings (SSSR count). The van der Waals surface area contributed by atoms with Gasteiger partial charge in [0.05, 0.1) is 5.69 Å². The van der Waals surface area contributed by atoms with E-state index in [2.05, 4.69) is 15.1 Å². The van der Waals surface area contributed by atoms with Crippen LogP contribution in [0.2, 0.25) is 0 Å². The third-order valence-electron chi connectivity index (χ3n) is 3.60.